The van der Waals surface area contributed by atoms with Gasteiger partial charge in [0.1, 0.15) is 5.75 Å². The molecule has 0 aliphatic rings. The lowest BCUT2D eigenvalue weighted by Gasteiger charge is -2.10. The van der Waals surface area contributed by atoms with Gasteiger partial charge in [-0.25, -0.2) is 9.88 Å². The molecule has 0 saturated heterocycles. The first kappa shape index (κ1) is 16.8. The van der Waals surface area contributed by atoms with Crippen molar-refractivity contribution in [3.8, 4) is 11.5 Å². The molecule has 0 saturated carbocycles. The van der Waals surface area contributed by atoms with Crippen LogP contribution in [0, 0.1) is 0 Å². The van der Waals surface area contributed by atoms with Crippen LogP contribution in [0.5, 0.6) is 11.5 Å². The van der Waals surface area contributed by atoms with Crippen molar-refractivity contribution in [2.45, 2.75) is 0 Å². The van der Waals surface area contributed by atoms with E-state index in [1.54, 1.807) is 26.4 Å². The Hall–Kier alpha value is -1.21. The number of nitrogens with one attached hydrogen (secondary N) is 1. The Morgan fingerprint density at radius 2 is 1.80 bits per heavy atom. The summed E-state index contributed by atoms with van der Waals surface area (Å²) in [5.41, 5.74) is 0.787. The number of hydrogen-bond donors (Lipinski definition) is 1. The van der Waals surface area contributed by atoms with Gasteiger partial charge in [0.25, 0.3) is 5.82 Å². The van der Waals surface area contributed by atoms with Gasteiger partial charge in [0.2, 0.25) is 0 Å². The van der Waals surface area contributed by atoms with E-state index in [1.807, 2.05) is 36.0 Å². The number of halogens is 2. The van der Waals surface area contributed by atoms with E-state index in [4.69, 9.17) is 21.1 Å². The first-order valence-electron chi connectivity index (χ1n) is 5.79. The second-order valence-electron chi connectivity index (χ2n) is 4.01. The van der Waals surface area contributed by atoms with Crippen LogP contribution in [-0.2, 0) is 7.05 Å². The number of nitrogens with zero attached hydrogens (tertiary/aromatic N) is 1. The normalized spacial score (nSPS) is 9.60. The summed E-state index contributed by atoms with van der Waals surface area (Å²) in [4.78, 5) is 0. The van der Waals surface area contributed by atoms with E-state index in [0.717, 1.165) is 11.5 Å². The van der Waals surface area contributed by atoms with E-state index < -0.39 is 0 Å². The van der Waals surface area contributed by atoms with Gasteiger partial charge in [-0.3, -0.25) is 0 Å². The molecular weight excluding hydrogens is 391 g/mol. The van der Waals surface area contributed by atoms with Gasteiger partial charge in [0.05, 0.1) is 32.5 Å². The van der Waals surface area contributed by atoms with E-state index in [9.17, 15) is 0 Å². The van der Waals surface area contributed by atoms with Crippen LogP contribution in [0.4, 0.5) is 11.5 Å². The topological polar surface area (TPSA) is 34.4 Å². The highest BCUT2D eigenvalue weighted by Crippen LogP contribution is 2.36. The summed E-state index contributed by atoms with van der Waals surface area (Å²) in [5, 5.41) is 3.81. The monoisotopic (exact) mass is 406 g/mol. The average molecular weight is 407 g/mol. The van der Waals surface area contributed by atoms with Crippen molar-refractivity contribution < 1.29 is 38.0 Å². The SMILES string of the molecule is COc1cc(OC)c(Nc2cccc[n+]2C)cc1Cl.[I-]. The molecule has 0 aliphatic heterocycles. The highest BCUT2D eigenvalue weighted by molar-refractivity contribution is 6.32. The maximum atomic E-state index is 6.14. The largest absolute Gasteiger partial charge is 1.00 e. The molecule has 0 atom stereocenters. The highest BCUT2D eigenvalue weighted by atomic mass is 127. The summed E-state index contributed by atoms with van der Waals surface area (Å²) in [6.07, 6.45) is 1.96. The van der Waals surface area contributed by atoms with Crippen molar-refractivity contribution in [2.24, 2.45) is 7.05 Å². The third-order valence-electron chi connectivity index (χ3n) is 2.79. The maximum absolute atomic E-state index is 6.14. The van der Waals surface area contributed by atoms with Crippen LogP contribution in [0.3, 0.4) is 0 Å². The number of aromatic nitrogens is 1. The summed E-state index contributed by atoms with van der Waals surface area (Å²) in [6, 6.07) is 9.43. The van der Waals surface area contributed by atoms with Crippen LogP contribution in [-0.4, -0.2) is 14.2 Å². The Morgan fingerprint density at radius 3 is 2.40 bits per heavy atom. The lowest BCUT2D eigenvalue weighted by Crippen LogP contribution is -3.00. The van der Waals surface area contributed by atoms with Gasteiger partial charge in [-0.15, -0.1) is 0 Å². The summed E-state index contributed by atoms with van der Waals surface area (Å²) in [6.45, 7) is 0. The molecule has 1 N–H and O–H groups in total. The molecular formula is C14H16ClIN2O2. The van der Waals surface area contributed by atoms with Gasteiger partial charge in [-0.05, 0) is 6.07 Å². The fourth-order valence-corrected chi connectivity index (χ4v) is 1.99. The van der Waals surface area contributed by atoms with E-state index in [2.05, 4.69) is 5.32 Å². The minimum atomic E-state index is 0. The van der Waals surface area contributed by atoms with Crippen molar-refractivity contribution in [1.29, 1.82) is 0 Å². The van der Waals surface area contributed by atoms with Crippen molar-refractivity contribution in [3.63, 3.8) is 0 Å². The molecule has 1 heterocycles. The lowest BCUT2D eigenvalue weighted by molar-refractivity contribution is -0.657. The predicted octanol–water partition coefficient (Wildman–Crippen LogP) is -0.0707. The van der Waals surface area contributed by atoms with E-state index in [0.29, 0.717) is 16.5 Å². The fraction of sp³-hybridized carbons (Fsp3) is 0.214. The average Bonchev–Trinajstić information content (AvgIpc) is 2.42. The Balaban J connectivity index is 0.00000200. The second kappa shape index (κ2) is 7.54. The lowest BCUT2D eigenvalue weighted by atomic mass is 10.2. The molecule has 1 aromatic carbocycles. The zero-order valence-electron chi connectivity index (χ0n) is 11.5. The van der Waals surface area contributed by atoms with Crippen molar-refractivity contribution in [1.82, 2.24) is 0 Å². The number of pyridine rings is 1. The molecule has 0 aliphatic carbocycles. The number of rotatable bonds is 4. The minimum Gasteiger partial charge on any atom is -1.00 e. The first-order chi connectivity index (χ1) is 9.15. The molecule has 6 heteroatoms. The van der Waals surface area contributed by atoms with Gasteiger partial charge >= 0.3 is 0 Å². The number of anilines is 2. The van der Waals surface area contributed by atoms with Crippen LogP contribution >= 0.6 is 11.6 Å². The zero-order chi connectivity index (χ0) is 13.8. The maximum Gasteiger partial charge on any atom is 0.279 e. The molecule has 0 radical (unpaired) electrons. The standard InChI is InChI=1S/C14H15ClN2O2.HI/c1-17-7-5-4-6-14(17)16-11-8-10(15)12(18-2)9-13(11)19-3;/h4-9H,1-3H3;1H. The third-order valence-corrected chi connectivity index (χ3v) is 3.09. The molecule has 0 bridgehead atoms. The molecule has 0 spiro atoms. The summed E-state index contributed by atoms with van der Waals surface area (Å²) >= 11 is 6.14. The Morgan fingerprint density at radius 1 is 1.10 bits per heavy atom. The van der Waals surface area contributed by atoms with Gasteiger partial charge < -0.3 is 33.5 Å². The predicted molar refractivity (Wildman–Crippen MR) is 75.5 cm³/mol. The van der Waals surface area contributed by atoms with E-state index in [1.165, 1.54) is 0 Å². The second-order valence-corrected chi connectivity index (χ2v) is 4.42. The van der Waals surface area contributed by atoms with Crippen molar-refractivity contribution >= 4 is 23.1 Å². The molecule has 2 aromatic rings. The quantitative estimate of drug-likeness (QED) is 0.570. The molecule has 2 rings (SSSR count). The van der Waals surface area contributed by atoms with E-state index in [-0.39, 0.29) is 24.0 Å². The number of methoxy groups -OCH3 is 2. The smallest absolute Gasteiger partial charge is 0.279 e. The molecule has 20 heavy (non-hydrogen) atoms. The molecule has 1 aromatic heterocycles. The summed E-state index contributed by atoms with van der Waals surface area (Å²) < 4.78 is 12.5. The van der Waals surface area contributed by atoms with Gasteiger partial charge in [-0.2, -0.15) is 0 Å². The Labute approximate surface area is 140 Å². The Bertz CT molecular complexity index is 593. The van der Waals surface area contributed by atoms with Crippen LogP contribution in [0.2, 0.25) is 5.02 Å². The Kier molecular flexibility index (Phi) is 6.35. The number of hydrogen-bond acceptors (Lipinski definition) is 3. The first-order valence-corrected chi connectivity index (χ1v) is 6.16. The van der Waals surface area contributed by atoms with Crippen molar-refractivity contribution in [2.75, 3.05) is 19.5 Å². The fourth-order valence-electron chi connectivity index (χ4n) is 1.75. The van der Waals surface area contributed by atoms with Crippen LogP contribution in [0.25, 0.3) is 0 Å². The third kappa shape index (κ3) is 3.67. The number of ether oxygens (including phenoxy) is 2. The molecule has 4 nitrogen and oxygen atoms in total. The summed E-state index contributed by atoms with van der Waals surface area (Å²) in [7, 11) is 5.14. The van der Waals surface area contributed by atoms with Crippen molar-refractivity contribution in [3.05, 3.63) is 41.6 Å². The highest BCUT2D eigenvalue weighted by Gasteiger charge is 2.15. The van der Waals surface area contributed by atoms with Gasteiger partial charge in [-0.1, -0.05) is 17.7 Å². The van der Waals surface area contributed by atoms with E-state index >= 15 is 0 Å². The van der Waals surface area contributed by atoms with Gasteiger partial charge in [0, 0.05) is 18.2 Å². The molecule has 108 valence electrons. The van der Waals surface area contributed by atoms with Crippen LogP contribution in [0.15, 0.2) is 36.5 Å². The van der Waals surface area contributed by atoms with Gasteiger partial charge in [0.15, 0.2) is 11.4 Å². The molecule has 0 fully saturated rings. The van der Waals surface area contributed by atoms with Crippen LogP contribution in [0.1, 0.15) is 0 Å². The minimum absolute atomic E-state index is 0. The zero-order valence-corrected chi connectivity index (χ0v) is 14.4. The molecule has 0 amide bonds. The number of aryl methyl sites for hydroxylation is 1. The number of benzene rings is 1. The summed E-state index contributed by atoms with van der Waals surface area (Å²) in [5.74, 6) is 2.19. The van der Waals surface area contributed by atoms with Crippen LogP contribution < -0.4 is 43.3 Å². The molecule has 0 unspecified atom stereocenters.